The van der Waals surface area contributed by atoms with Crippen LogP contribution in [0.15, 0.2) is 35.9 Å². The predicted octanol–water partition coefficient (Wildman–Crippen LogP) is 2.89. The molecule has 0 saturated heterocycles. The van der Waals surface area contributed by atoms with E-state index >= 15 is 0 Å². The summed E-state index contributed by atoms with van der Waals surface area (Å²) in [7, 11) is 0. The first kappa shape index (κ1) is 11.1. The molecule has 2 nitrogen and oxygen atoms in total. The highest BCUT2D eigenvalue weighted by Crippen LogP contribution is 2.37. The monoisotopic (exact) mass is 216 g/mol. The zero-order chi connectivity index (χ0) is 11.9. The SMILES string of the molecule is CC(C)(C)/C=C1/C(=O)c2ccccc2C1O. The fourth-order valence-corrected chi connectivity index (χ4v) is 2.00. The van der Waals surface area contributed by atoms with Gasteiger partial charge in [-0.25, -0.2) is 0 Å². The van der Waals surface area contributed by atoms with Crippen LogP contribution in [0.1, 0.15) is 42.8 Å². The Bertz CT molecular complexity index is 464. The fourth-order valence-electron chi connectivity index (χ4n) is 2.00. The van der Waals surface area contributed by atoms with E-state index in [4.69, 9.17) is 0 Å². The van der Waals surface area contributed by atoms with Gasteiger partial charge in [0.2, 0.25) is 0 Å². The summed E-state index contributed by atoms with van der Waals surface area (Å²) in [6.45, 7) is 6.05. The van der Waals surface area contributed by atoms with Gasteiger partial charge in [-0.05, 0) is 11.0 Å². The number of carbonyl (C=O) groups excluding carboxylic acids is 1. The topological polar surface area (TPSA) is 37.3 Å². The van der Waals surface area contributed by atoms with Gasteiger partial charge in [0.25, 0.3) is 0 Å². The lowest BCUT2D eigenvalue weighted by Crippen LogP contribution is -2.07. The van der Waals surface area contributed by atoms with E-state index in [0.29, 0.717) is 11.1 Å². The van der Waals surface area contributed by atoms with Crippen LogP contribution in [0.5, 0.6) is 0 Å². The highest BCUT2D eigenvalue weighted by atomic mass is 16.3. The minimum absolute atomic E-state index is 0.0435. The number of aliphatic hydroxyl groups is 1. The summed E-state index contributed by atoms with van der Waals surface area (Å²) < 4.78 is 0. The van der Waals surface area contributed by atoms with Crippen LogP contribution >= 0.6 is 0 Å². The Labute approximate surface area is 95.6 Å². The molecule has 1 aromatic rings. The van der Waals surface area contributed by atoms with Crippen molar-refractivity contribution in [1.29, 1.82) is 0 Å². The average Bonchev–Trinajstić information content (AvgIpc) is 2.43. The standard InChI is InChI=1S/C14H16O2/c1-14(2,3)8-11-12(15)9-6-4-5-7-10(9)13(11)16/h4-8,12,15H,1-3H3/b11-8+. The van der Waals surface area contributed by atoms with E-state index in [1.807, 2.05) is 39.0 Å². The largest absolute Gasteiger partial charge is 0.383 e. The minimum Gasteiger partial charge on any atom is -0.383 e. The maximum atomic E-state index is 12.1. The molecule has 1 aromatic carbocycles. The summed E-state index contributed by atoms with van der Waals surface area (Å²) in [6.07, 6.45) is 1.10. The molecule has 0 radical (unpaired) electrons. The molecule has 0 aromatic heterocycles. The third-order valence-corrected chi connectivity index (χ3v) is 2.65. The number of hydrogen-bond donors (Lipinski definition) is 1. The quantitative estimate of drug-likeness (QED) is 0.677. The predicted molar refractivity (Wildman–Crippen MR) is 63.3 cm³/mol. The van der Waals surface area contributed by atoms with Crippen molar-refractivity contribution in [2.24, 2.45) is 5.41 Å². The van der Waals surface area contributed by atoms with Crippen LogP contribution in [0.2, 0.25) is 0 Å². The van der Waals surface area contributed by atoms with E-state index in [1.54, 1.807) is 12.1 Å². The lowest BCUT2D eigenvalue weighted by atomic mass is 9.91. The first-order valence-corrected chi connectivity index (χ1v) is 5.44. The Morgan fingerprint density at radius 1 is 1.25 bits per heavy atom. The second-order valence-corrected chi connectivity index (χ2v) is 5.28. The van der Waals surface area contributed by atoms with Crippen molar-refractivity contribution in [3.8, 4) is 0 Å². The molecule has 1 aliphatic rings. The Balaban J connectivity index is 2.51. The number of benzene rings is 1. The molecule has 0 spiro atoms. The maximum Gasteiger partial charge on any atom is 0.192 e. The van der Waals surface area contributed by atoms with Gasteiger partial charge in [-0.3, -0.25) is 4.79 Å². The van der Waals surface area contributed by atoms with E-state index in [1.165, 1.54) is 0 Å². The number of carbonyl (C=O) groups is 1. The molecular weight excluding hydrogens is 200 g/mol. The Morgan fingerprint density at radius 2 is 1.88 bits per heavy atom. The van der Waals surface area contributed by atoms with Gasteiger partial charge in [-0.15, -0.1) is 0 Å². The molecule has 1 unspecified atom stereocenters. The van der Waals surface area contributed by atoms with E-state index in [2.05, 4.69) is 0 Å². The molecule has 0 bridgehead atoms. The second-order valence-electron chi connectivity index (χ2n) is 5.28. The first-order chi connectivity index (χ1) is 7.40. The fraction of sp³-hybridized carbons (Fsp3) is 0.357. The summed E-state index contributed by atoms with van der Waals surface area (Å²) in [5, 5.41) is 10.1. The Morgan fingerprint density at radius 3 is 2.44 bits per heavy atom. The van der Waals surface area contributed by atoms with Crippen LogP contribution in [-0.2, 0) is 0 Å². The highest BCUT2D eigenvalue weighted by Gasteiger charge is 2.33. The van der Waals surface area contributed by atoms with Gasteiger partial charge in [0.05, 0.1) is 0 Å². The zero-order valence-corrected chi connectivity index (χ0v) is 9.82. The van der Waals surface area contributed by atoms with Crippen molar-refractivity contribution in [1.82, 2.24) is 0 Å². The van der Waals surface area contributed by atoms with Crippen molar-refractivity contribution >= 4 is 5.78 Å². The normalized spacial score (nSPS) is 22.6. The van der Waals surface area contributed by atoms with E-state index in [-0.39, 0.29) is 11.2 Å². The number of aliphatic hydroxyl groups excluding tert-OH is 1. The van der Waals surface area contributed by atoms with Crippen molar-refractivity contribution < 1.29 is 9.90 Å². The van der Waals surface area contributed by atoms with Gasteiger partial charge in [-0.1, -0.05) is 51.1 Å². The van der Waals surface area contributed by atoms with Gasteiger partial charge in [0, 0.05) is 11.1 Å². The van der Waals surface area contributed by atoms with Crippen molar-refractivity contribution in [2.75, 3.05) is 0 Å². The number of Topliss-reactive ketones (excluding diaryl/α,β-unsaturated/α-hetero) is 1. The average molecular weight is 216 g/mol. The van der Waals surface area contributed by atoms with Crippen LogP contribution in [0, 0.1) is 5.41 Å². The van der Waals surface area contributed by atoms with Crippen LogP contribution < -0.4 is 0 Å². The van der Waals surface area contributed by atoms with Gasteiger partial charge >= 0.3 is 0 Å². The van der Waals surface area contributed by atoms with Gasteiger partial charge in [0.1, 0.15) is 6.10 Å². The summed E-state index contributed by atoms with van der Waals surface area (Å²) in [6, 6.07) is 7.24. The van der Waals surface area contributed by atoms with Gasteiger partial charge in [-0.2, -0.15) is 0 Å². The molecule has 0 saturated carbocycles. The maximum absolute atomic E-state index is 12.1. The van der Waals surface area contributed by atoms with Crippen LogP contribution in [0.25, 0.3) is 0 Å². The number of ketones is 1. The highest BCUT2D eigenvalue weighted by molar-refractivity contribution is 6.13. The lowest BCUT2D eigenvalue weighted by molar-refractivity contribution is 0.101. The lowest BCUT2D eigenvalue weighted by Gasteiger charge is -2.14. The summed E-state index contributed by atoms with van der Waals surface area (Å²) in [4.78, 5) is 12.1. The third kappa shape index (κ3) is 1.81. The number of fused-ring (bicyclic) bond motifs is 1. The Hall–Kier alpha value is -1.41. The van der Waals surface area contributed by atoms with Crippen molar-refractivity contribution in [2.45, 2.75) is 26.9 Å². The Kier molecular flexibility index (Phi) is 2.47. The molecule has 2 rings (SSSR count). The van der Waals surface area contributed by atoms with Gasteiger partial charge < -0.3 is 5.11 Å². The summed E-state index contributed by atoms with van der Waals surface area (Å²) in [5.41, 5.74) is 1.76. The van der Waals surface area contributed by atoms with Gasteiger partial charge in [0.15, 0.2) is 5.78 Å². The molecule has 0 aliphatic heterocycles. The number of rotatable bonds is 0. The molecular formula is C14H16O2. The second kappa shape index (κ2) is 3.56. The van der Waals surface area contributed by atoms with E-state index in [9.17, 15) is 9.90 Å². The zero-order valence-electron chi connectivity index (χ0n) is 9.82. The summed E-state index contributed by atoms with van der Waals surface area (Å²) in [5.74, 6) is -0.0435. The number of hydrogen-bond acceptors (Lipinski definition) is 2. The van der Waals surface area contributed by atoms with Crippen molar-refractivity contribution in [3.05, 3.63) is 47.0 Å². The van der Waals surface area contributed by atoms with Crippen LogP contribution in [0.3, 0.4) is 0 Å². The first-order valence-electron chi connectivity index (χ1n) is 5.44. The smallest absolute Gasteiger partial charge is 0.192 e. The van der Waals surface area contributed by atoms with Crippen LogP contribution in [0.4, 0.5) is 0 Å². The summed E-state index contributed by atoms with van der Waals surface area (Å²) >= 11 is 0. The van der Waals surface area contributed by atoms with Crippen LogP contribution in [-0.4, -0.2) is 10.9 Å². The molecule has 2 heteroatoms. The molecule has 0 amide bonds. The van der Waals surface area contributed by atoms with Crippen molar-refractivity contribution in [3.63, 3.8) is 0 Å². The van der Waals surface area contributed by atoms with E-state index < -0.39 is 6.10 Å². The molecule has 84 valence electrons. The minimum atomic E-state index is -0.761. The molecule has 1 atom stereocenters. The molecule has 1 aliphatic carbocycles. The van der Waals surface area contributed by atoms with E-state index in [0.717, 1.165) is 5.56 Å². The molecule has 1 N–H and O–H groups in total. The molecule has 16 heavy (non-hydrogen) atoms. The molecule has 0 heterocycles. The molecule has 0 fully saturated rings. The number of allylic oxidation sites excluding steroid dienone is 1. The third-order valence-electron chi connectivity index (χ3n) is 2.65.